The smallest absolute Gasteiger partial charge is 0.387 e. The standard InChI is InChI=1S/C22H28N2O6S.C20H20Cl2F2N2O5.C17H18O5S.C15H22N2O6S.C6H12ClNO/c1-28-21-9-8-19(22(25)30-17-18-6-4-3-5-7-18)16-20(21)24(31(2,26)27)11-10-23-12-14-29-15-13-23;21-14-8-26(28)9-15(22)13(14)6-17(30-19(27)7-25)12-3-4-16(31-20(23)24)18(5-12)29-10-11-1-2-11;1-21-16-9-8-14(10-15(16)12-23(2,19)20)17(18)22-11-13-6-4-3-5-7-13;1-22-14-4-3-12(15(18)19)11-13(14)17(24(2,20)21)6-5-16-7-9-23-10-8-16;7-1-2-8-3-5-9-6-4-8/h3-9,16H,10-15,17H2,1-2H3;3-5,8-9,11,17,20H,1-2,6-7,10,25H2;3-10H,11-12H2,1-2H3;3-4,11H,5-10H2,1-2H3,(H,18,19);1-6H2/t;17-;;;/m.0.../s1. The number of carboxylic acids is 1. The second-order valence-corrected chi connectivity index (χ2v) is 34.2. The van der Waals surface area contributed by atoms with Crippen LogP contribution in [0.5, 0.6) is 28.7 Å². The Morgan fingerprint density at radius 1 is 0.593 bits per heavy atom. The van der Waals surface area contributed by atoms with Gasteiger partial charge in [0.2, 0.25) is 20.0 Å². The number of anilines is 2. The maximum absolute atomic E-state index is 12.8. The molecule has 3 aliphatic heterocycles. The number of sulfone groups is 1. The van der Waals surface area contributed by atoms with E-state index in [9.17, 15) is 58.4 Å². The molecule has 0 bridgehead atoms. The Bertz CT molecular complexity index is 4710. The number of morpholine rings is 3. The third kappa shape index (κ3) is 33.0. The number of hydrogen-bond acceptors (Lipinski definition) is 26. The van der Waals surface area contributed by atoms with E-state index in [0.29, 0.717) is 102 Å². The fraction of sp³-hybridized carbons (Fsp3) is 0.438. The molecule has 1 aromatic heterocycles. The van der Waals surface area contributed by atoms with Gasteiger partial charge in [-0.2, -0.15) is 13.5 Å². The van der Waals surface area contributed by atoms with E-state index in [0.717, 1.165) is 120 Å². The number of benzene rings is 6. The normalized spacial score (nSPS) is 14.8. The fourth-order valence-corrected chi connectivity index (χ4v) is 15.3. The summed E-state index contributed by atoms with van der Waals surface area (Å²) in [6, 6.07) is 36.4. The lowest BCUT2D eigenvalue weighted by Crippen LogP contribution is -2.43. The van der Waals surface area contributed by atoms with Gasteiger partial charge in [0, 0.05) is 102 Å². The molecule has 0 amide bonds. The first-order valence-electron chi connectivity index (χ1n) is 37.3. The number of aromatic nitrogens is 1. The van der Waals surface area contributed by atoms with Crippen molar-refractivity contribution in [1.82, 2.24) is 14.7 Å². The van der Waals surface area contributed by atoms with Gasteiger partial charge in [-0.05, 0) is 102 Å². The van der Waals surface area contributed by atoms with Gasteiger partial charge in [0.05, 0.1) is 120 Å². The molecule has 118 heavy (non-hydrogen) atoms. The summed E-state index contributed by atoms with van der Waals surface area (Å²) in [5.41, 5.74) is 9.45. The molecule has 0 spiro atoms. The van der Waals surface area contributed by atoms with E-state index in [1.54, 1.807) is 24.3 Å². The van der Waals surface area contributed by atoms with Gasteiger partial charge in [0.25, 0.3) is 0 Å². The molecule has 38 heteroatoms. The Balaban J connectivity index is 0.000000211. The number of pyridine rings is 1. The molecule has 646 valence electrons. The summed E-state index contributed by atoms with van der Waals surface area (Å²) in [5, 5.41) is 20.8. The maximum Gasteiger partial charge on any atom is 0.387 e. The third-order valence-corrected chi connectivity index (χ3v) is 22.1. The second kappa shape index (κ2) is 48.3. The van der Waals surface area contributed by atoms with Gasteiger partial charge in [-0.1, -0.05) is 89.9 Å². The van der Waals surface area contributed by atoms with Crippen LogP contribution in [0.4, 0.5) is 20.2 Å². The monoisotopic (exact) mass is 1770 g/mol. The van der Waals surface area contributed by atoms with Gasteiger partial charge < -0.3 is 68.2 Å². The van der Waals surface area contributed by atoms with E-state index in [1.807, 2.05) is 60.7 Å². The van der Waals surface area contributed by atoms with Crippen molar-refractivity contribution >= 4 is 99.9 Å². The Labute approximate surface area is 701 Å². The highest BCUT2D eigenvalue weighted by atomic mass is 35.5. The highest BCUT2D eigenvalue weighted by Crippen LogP contribution is 2.39. The van der Waals surface area contributed by atoms with Crippen molar-refractivity contribution in [3.05, 3.63) is 206 Å². The lowest BCUT2D eigenvalue weighted by Gasteiger charge is -2.30. The number of carbonyl (C=O) groups excluding carboxylic acids is 3. The van der Waals surface area contributed by atoms with Crippen LogP contribution in [-0.4, -0.2) is 246 Å². The number of carboxylic acid groups (broad SMARTS) is 1. The number of esters is 3. The number of halogens is 5. The maximum atomic E-state index is 12.8. The van der Waals surface area contributed by atoms with Crippen LogP contribution in [0.25, 0.3) is 0 Å². The minimum Gasteiger partial charge on any atom is -0.619 e. The zero-order chi connectivity index (χ0) is 86.0. The van der Waals surface area contributed by atoms with Crippen molar-refractivity contribution in [3.63, 3.8) is 0 Å². The quantitative estimate of drug-likeness (QED) is 0.0124. The first kappa shape index (κ1) is 96.2. The topological polar surface area (TPSA) is 362 Å². The minimum atomic E-state index is -3.61. The summed E-state index contributed by atoms with van der Waals surface area (Å²) in [4.78, 5) is 54.4. The van der Waals surface area contributed by atoms with Gasteiger partial charge in [0.15, 0.2) is 33.7 Å². The number of carbonyl (C=O) groups is 4. The Morgan fingerprint density at radius 2 is 1.03 bits per heavy atom. The molecule has 4 heterocycles. The van der Waals surface area contributed by atoms with E-state index in [1.165, 1.54) is 78.5 Å². The molecule has 1 aliphatic carbocycles. The largest absolute Gasteiger partial charge is 0.619 e. The molecule has 1 saturated carbocycles. The number of hydrogen-bond donors (Lipinski definition) is 2. The lowest BCUT2D eigenvalue weighted by molar-refractivity contribution is -0.605. The van der Waals surface area contributed by atoms with Gasteiger partial charge in [-0.3, -0.25) is 28.1 Å². The average Bonchev–Trinajstić information content (AvgIpc) is 1.00. The summed E-state index contributed by atoms with van der Waals surface area (Å²) in [6.45, 7) is 9.09. The van der Waals surface area contributed by atoms with Crippen LogP contribution in [0.15, 0.2) is 146 Å². The van der Waals surface area contributed by atoms with Gasteiger partial charge in [-0.25, -0.2) is 39.6 Å². The summed E-state index contributed by atoms with van der Waals surface area (Å²) in [6.07, 6.45) is 6.72. The zero-order valence-corrected chi connectivity index (χ0v) is 71.0. The lowest BCUT2D eigenvalue weighted by atomic mass is 10.0. The van der Waals surface area contributed by atoms with Crippen LogP contribution in [-0.2, 0) is 88.5 Å². The summed E-state index contributed by atoms with van der Waals surface area (Å²) >= 11 is 17.8. The molecule has 0 unspecified atom stereocenters. The zero-order valence-electron chi connectivity index (χ0n) is 66.3. The SMILES string of the molecule is COc1ccc(C(=O)O)cc1N(CCN1CCOCC1)S(C)(=O)=O.COc1ccc(C(=O)OCc2ccccc2)cc1CS(C)(=O)=O.COc1ccc(C(=O)OCc2ccccc2)cc1N(CCN1CCOCC1)S(C)(=O)=O.ClCCN1CCOCC1.NCC(=O)O[C@@H](Cc1c(Cl)c[n+]([O-])cc1Cl)c1ccc(OC(F)F)c(OCC2CC2)c1. The van der Waals surface area contributed by atoms with Crippen molar-refractivity contribution in [2.45, 2.75) is 50.9 Å². The van der Waals surface area contributed by atoms with Crippen LogP contribution in [0.1, 0.15) is 77.8 Å². The van der Waals surface area contributed by atoms with Gasteiger partial charge >= 0.3 is 30.5 Å². The summed E-state index contributed by atoms with van der Waals surface area (Å²) in [5.74, 6) is -0.881. The molecule has 4 aliphatic rings. The van der Waals surface area contributed by atoms with Crippen LogP contribution in [0.3, 0.4) is 0 Å². The third-order valence-electron chi connectivity index (χ3n) is 18.1. The predicted octanol–water partition coefficient (Wildman–Crippen LogP) is 9.60. The van der Waals surface area contributed by atoms with E-state index < -0.39 is 66.5 Å². The molecule has 3 N–H and O–H groups in total. The van der Waals surface area contributed by atoms with E-state index in [2.05, 4.69) is 19.4 Å². The average molecular weight is 1770 g/mol. The molecular weight excluding hydrogens is 1670 g/mol. The number of aromatic carboxylic acids is 1. The van der Waals surface area contributed by atoms with E-state index in [-0.39, 0.29) is 83.4 Å². The molecule has 6 aromatic carbocycles. The van der Waals surface area contributed by atoms with Gasteiger partial charge in [0.1, 0.15) is 46.6 Å². The first-order chi connectivity index (χ1) is 56.3. The fourth-order valence-electron chi connectivity index (χ4n) is 11.8. The Kier molecular flexibility index (Phi) is 39.4. The molecule has 0 radical (unpaired) electrons. The molecule has 7 aromatic rings. The second-order valence-electron chi connectivity index (χ2n) is 27.0. The molecule has 11 rings (SSSR count). The van der Waals surface area contributed by atoms with Crippen molar-refractivity contribution in [3.8, 4) is 28.7 Å². The van der Waals surface area contributed by atoms with Crippen molar-refractivity contribution in [1.29, 1.82) is 0 Å². The van der Waals surface area contributed by atoms with E-state index >= 15 is 0 Å². The van der Waals surface area contributed by atoms with Gasteiger partial charge in [-0.15, -0.1) is 11.6 Å². The Morgan fingerprint density at radius 3 is 1.44 bits per heavy atom. The highest BCUT2D eigenvalue weighted by molar-refractivity contribution is 7.92. The summed E-state index contributed by atoms with van der Waals surface area (Å²) < 4.78 is 159. The number of nitrogens with zero attached hydrogens (tertiary/aromatic N) is 6. The first-order valence-corrected chi connectivity index (χ1v) is 44.3. The number of methoxy groups -OCH3 is 3. The van der Waals surface area contributed by atoms with Crippen LogP contribution < -0.4 is 42.8 Å². The predicted molar refractivity (Wildman–Crippen MR) is 441 cm³/mol. The highest BCUT2D eigenvalue weighted by Gasteiger charge is 2.30. The summed E-state index contributed by atoms with van der Waals surface area (Å²) in [7, 11) is -6.10. The number of ether oxygens (including phenoxy) is 11. The molecule has 3 saturated heterocycles. The van der Waals surface area contributed by atoms with Crippen molar-refractivity contribution in [2.24, 2.45) is 11.7 Å². The molecule has 4 fully saturated rings. The van der Waals surface area contributed by atoms with Crippen LogP contribution >= 0.6 is 34.8 Å². The number of rotatable bonds is 34. The van der Waals surface area contributed by atoms with Crippen molar-refractivity contribution in [2.75, 3.05) is 179 Å². The molecule has 30 nitrogen and oxygen atoms in total. The Hall–Kier alpha value is -8.95. The van der Waals surface area contributed by atoms with Crippen LogP contribution in [0.2, 0.25) is 10.0 Å². The van der Waals surface area contributed by atoms with E-state index in [4.69, 9.17) is 93.0 Å². The number of sulfonamides is 2. The number of nitrogens with two attached hydrogens (primary N) is 1. The van der Waals surface area contributed by atoms with Crippen LogP contribution in [0, 0.1) is 11.1 Å². The van der Waals surface area contributed by atoms with Crippen molar-refractivity contribution < 1.29 is 115 Å². The minimum absolute atomic E-state index is 0.00539. The molecule has 1 atom stereocenters. The molecular formula is C80H100Cl3F2N7O23S3. The number of alkyl halides is 3.